The van der Waals surface area contributed by atoms with Crippen LogP contribution in [0, 0.1) is 12.1 Å². The number of benzene rings is 1. The maximum Gasteiger partial charge on any atom is 0.270 e. The van der Waals surface area contributed by atoms with Crippen molar-refractivity contribution < 1.29 is 9.18 Å². The van der Waals surface area contributed by atoms with Crippen LogP contribution in [-0.4, -0.2) is 15.9 Å². The summed E-state index contributed by atoms with van der Waals surface area (Å²) in [6.07, 6.45) is 2.21. The number of nitrogens with zero attached hydrogens (tertiary/aromatic N) is 2. The van der Waals surface area contributed by atoms with Crippen molar-refractivity contribution in [3.8, 4) is 11.3 Å². The summed E-state index contributed by atoms with van der Waals surface area (Å²) in [6, 6.07) is 8.61. The number of amides is 1. The van der Waals surface area contributed by atoms with E-state index in [1.54, 1.807) is 30.3 Å². The molecule has 0 unspecified atom stereocenters. The lowest BCUT2D eigenvalue weighted by Crippen LogP contribution is -2.16. The van der Waals surface area contributed by atoms with Gasteiger partial charge in [0.1, 0.15) is 5.69 Å². The SMILES string of the molecule is NC(=O)c1n[c]nc(-c2ccccc2)c1F. The number of rotatable bonds is 2. The number of carbonyl (C=O) groups excluding carboxylic acids is 1. The number of aromatic nitrogens is 2. The summed E-state index contributed by atoms with van der Waals surface area (Å²) < 4.78 is 13.8. The third-order valence-electron chi connectivity index (χ3n) is 2.02. The molecule has 1 radical (unpaired) electrons. The van der Waals surface area contributed by atoms with Gasteiger partial charge in [-0.05, 0) is 0 Å². The molecule has 16 heavy (non-hydrogen) atoms. The molecule has 0 aliphatic rings. The average molecular weight is 216 g/mol. The highest BCUT2D eigenvalue weighted by Gasteiger charge is 2.16. The largest absolute Gasteiger partial charge is 0.364 e. The first-order valence-electron chi connectivity index (χ1n) is 4.49. The van der Waals surface area contributed by atoms with Crippen LogP contribution in [0.4, 0.5) is 4.39 Å². The Morgan fingerprint density at radius 3 is 2.56 bits per heavy atom. The molecule has 5 heteroatoms. The maximum atomic E-state index is 13.8. The summed E-state index contributed by atoms with van der Waals surface area (Å²) in [5, 5.41) is 0. The molecule has 0 spiro atoms. The van der Waals surface area contributed by atoms with Gasteiger partial charge in [0, 0.05) is 5.56 Å². The summed E-state index contributed by atoms with van der Waals surface area (Å²) in [5.74, 6) is -1.76. The van der Waals surface area contributed by atoms with Gasteiger partial charge < -0.3 is 5.73 Å². The minimum absolute atomic E-state index is 0.0180. The fourth-order valence-corrected chi connectivity index (χ4v) is 1.29. The maximum absolute atomic E-state index is 13.8. The van der Waals surface area contributed by atoms with Crippen molar-refractivity contribution in [1.29, 1.82) is 0 Å². The van der Waals surface area contributed by atoms with Crippen LogP contribution >= 0.6 is 0 Å². The summed E-state index contributed by atoms with van der Waals surface area (Å²) in [6.45, 7) is 0. The molecule has 0 atom stereocenters. The summed E-state index contributed by atoms with van der Waals surface area (Å²) >= 11 is 0. The first-order chi connectivity index (χ1) is 7.70. The van der Waals surface area contributed by atoms with Gasteiger partial charge in [0.25, 0.3) is 5.91 Å². The minimum Gasteiger partial charge on any atom is -0.364 e. The quantitative estimate of drug-likeness (QED) is 0.819. The van der Waals surface area contributed by atoms with E-state index >= 15 is 0 Å². The third-order valence-corrected chi connectivity index (χ3v) is 2.02. The fourth-order valence-electron chi connectivity index (χ4n) is 1.29. The number of halogens is 1. The number of nitrogens with two attached hydrogens (primary N) is 1. The number of hydrogen-bond acceptors (Lipinski definition) is 3. The van der Waals surface area contributed by atoms with Crippen LogP contribution in [0.3, 0.4) is 0 Å². The molecule has 1 heterocycles. The molecule has 0 bridgehead atoms. The summed E-state index contributed by atoms with van der Waals surface area (Å²) in [7, 11) is 0. The zero-order valence-electron chi connectivity index (χ0n) is 8.14. The lowest BCUT2D eigenvalue weighted by Gasteiger charge is -2.03. The minimum atomic E-state index is -0.937. The Bertz CT molecular complexity index is 528. The third kappa shape index (κ3) is 1.75. The van der Waals surface area contributed by atoms with Gasteiger partial charge in [0.2, 0.25) is 0 Å². The molecule has 1 aromatic heterocycles. The highest BCUT2D eigenvalue weighted by molar-refractivity contribution is 5.92. The fraction of sp³-hybridized carbons (Fsp3) is 0. The van der Waals surface area contributed by atoms with Crippen molar-refractivity contribution in [3.63, 3.8) is 0 Å². The van der Waals surface area contributed by atoms with Crippen molar-refractivity contribution >= 4 is 5.91 Å². The Morgan fingerprint density at radius 1 is 1.25 bits per heavy atom. The average Bonchev–Trinajstić information content (AvgIpc) is 2.30. The predicted molar refractivity (Wildman–Crippen MR) is 54.8 cm³/mol. The number of carbonyl (C=O) groups is 1. The predicted octanol–water partition coefficient (Wildman–Crippen LogP) is 1.18. The van der Waals surface area contributed by atoms with Crippen LogP contribution in [-0.2, 0) is 0 Å². The molecule has 1 amide bonds. The van der Waals surface area contributed by atoms with Crippen molar-refractivity contribution in [2.75, 3.05) is 0 Å². The molecule has 0 fully saturated rings. The van der Waals surface area contributed by atoms with E-state index in [4.69, 9.17) is 5.73 Å². The van der Waals surface area contributed by atoms with Crippen LogP contribution in [0.1, 0.15) is 10.5 Å². The van der Waals surface area contributed by atoms with E-state index in [0.29, 0.717) is 5.56 Å². The Morgan fingerprint density at radius 2 is 1.94 bits per heavy atom. The Labute approximate surface area is 91.0 Å². The van der Waals surface area contributed by atoms with Crippen LogP contribution in [0.25, 0.3) is 11.3 Å². The normalized spacial score (nSPS) is 10.1. The van der Waals surface area contributed by atoms with Crippen molar-refractivity contribution in [1.82, 2.24) is 9.97 Å². The van der Waals surface area contributed by atoms with Crippen LogP contribution in [0.5, 0.6) is 0 Å². The Kier molecular flexibility index (Phi) is 2.59. The molecule has 1 aromatic carbocycles. The second kappa shape index (κ2) is 4.06. The van der Waals surface area contributed by atoms with Crippen LogP contribution in [0.2, 0.25) is 0 Å². The van der Waals surface area contributed by atoms with E-state index in [1.165, 1.54) is 0 Å². The van der Waals surface area contributed by atoms with Crippen LogP contribution in [0.15, 0.2) is 30.3 Å². The topological polar surface area (TPSA) is 68.9 Å². The van der Waals surface area contributed by atoms with Gasteiger partial charge in [-0.15, -0.1) is 0 Å². The lowest BCUT2D eigenvalue weighted by molar-refractivity contribution is 0.0991. The molecule has 2 aromatic rings. The molecule has 0 aliphatic carbocycles. The van der Waals surface area contributed by atoms with E-state index in [0.717, 1.165) is 0 Å². The molecule has 0 saturated carbocycles. The van der Waals surface area contributed by atoms with Gasteiger partial charge in [-0.3, -0.25) is 4.79 Å². The highest BCUT2D eigenvalue weighted by Crippen LogP contribution is 2.20. The monoisotopic (exact) mass is 216 g/mol. The van der Waals surface area contributed by atoms with Crippen molar-refractivity contribution in [3.05, 3.63) is 48.2 Å². The summed E-state index contributed by atoms with van der Waals surface area (Å²) in [5.41, 5.74) is 5.08. The van der Waals surface area contributed by atoms with E-state index in [9.17, 15) is 9.18 Å². The van der Waals surface area contributed by atoms with Gasteiger partial charge in [-0.25, -0.2) is 14.4 Å². The van der Waals surface area contributed by atoms with E-state index < -0.39 is 17.4 Å². The highest BCUT2D eigenvalue weighted by atomic mass is 19.1. The standard InChI is InChI=1S/C11H7FN3O/c12-8-9(7-4-2-1-3-5-7)14-6-15-10(8)11(13)16/h1-5H,(H2,13,16). The van der Waals surface area contributed by atoms with Gasteiger partial charge >= 0.3 is 0 Å². The van der Waals surface area contributed by atoms with Gasteiger partial charge in [0.15, 0.2) is 17.8 Å². The van der Waals surface area contributed by atoms with Gasteiger partial charge in [-0.2, -0.15) is 0 Å². The Hall–Kier alpha value is -2.30. The number of hydrogen-bond donors (Lipinski definition) is 1. The van der Waals surface area contributed by atoms with Gasteiger partial charge in [-0.1, -0.05) is 30.3 Å². The van der Waals surface area contributed by atoms with Gasteiger partial charge in [0.05, 0.1) is 0 Å². The van der Waals surface area contributed by atoms with Crippen molar-refractivity contribution in [2.24, 2.45) is 5.73 Å². The second-order valence-corrected chi connectivity index (χ2v) is 3.07. The molecule has 2 rings (SSSR count). The molecular weight excluding hydrogens is 209 g/mol. The number of primary amides is 1. The zero-order valence-corrected chi connectivity index (χ0v) is 8.14. The molecule has 4 nitrogen and oxygen atoms in total. The molecule has 79 valence electrons. The smallest absolute Gasteiger partial charge is 0.270 e. The van der Waals surface area contributed by atoms with E-state index in [1.807, 2.05) is 0 Å². The molecule has 0 saturated heterocycles. The Balaban J connectivity index is 2.59. The zero-order chi connectivity index (χ0) is 11.5. The molecule has 0 aliphatic heterocycles. The van der Waals surface area contributed by atoms with Crippen LogP contribution < -0.4 is 5.73 Å². The van der Waals surface area contributed by atoms with E-state index in [2.05, 4.69) is 16.3 Å². The molecule has 2 N–H and O–H groups in total. The first kappa shape index (κ1) is 10.2. The van der Waals surface area contributed by atoms with E-state index in [-0.39, 0.29) is 5.69 Å². The molecular formula is C11H7FN3O. The lowest BCUT2D eigenvalue weighted by atomic mass is 10.1. The first-order valence-corrected chi connectivity index (χ1v) is 4.49. The second-order valence-electron chi connectivity index (χ2n) is 3.07. The van der Waals surface area contributed by atoms with Crippen molar-refractivity contribution in [2.45, 2.75) is 0 Å². The summed E-state index contributed by atoms with van der Waals surface area (Å²) in [4.78, 5) is 17.9.